The Balaban J connectivity index is 1.86. The van der Waals surface area contributed by atoms with Crippen LogP contribution in [0.15, 0.2) is 18.3 Å². The lowest BCUT2D eigenvalue weighted by Crippen LogP contribution is -2.61. The number of amides is 1. The number of fused-ring (bicyclic) bond motifs is 1. The van der Waals surface area contributed by atoms with Crippen molar-refractivity contribution in [3.8, 4) is 5.88 Å². The third kappa shape index (κ3) is 3.79. The van der Waals surface area contributed by atoms with Gasteiger partial charge >= 0.3 is 0 Å². The van der Waals surface area contributed by atoms with Crippen molar-refractivity contribution in [2.75, 3.05) is 38.2 Å². The maximum atomic E-state index is 13.0. The van der Waals surface area contributed by atoms with Gasteiger partial charge in [-0.05, 0) is 12.0 Å². The first-order valence-electron chi connectivity index (χ1n) is 8.56. The van der Waals surface area contributed by atoms with Crippen LogP contribution in [0.3, 0.4) is 0 Å². The molecule has 1 amide bonds. The largest absolute Gasteiger partial charge is 0.481 e. The number of ether oxygens (including phenoxy) is 1. The van der Waals surface area contributed by atoms with Crippen molar-refractivity contribution in [1.82, 2.24) is 14.8 Å². The molecule has 2 aliphatic heterocycles. The lowest BCUT2D eigenvalue weighted by molar-refractivity contribution is 0.0296. The molecule has 7 nitrogen and oxygen atoms in total. The number of hydrogen-bond donors (Lipinski definition) is 0. The summed E-state index contributed by atoms with van der Waals surface area (Å²) in [5.41, 5.74) is 0.479. The number of methoxy groups -OCH3 is 1. The molecule has 0 N–H and O–H groups in total. The van der Waals surface area contributed by atoms with Crippen LogP contribution in [0.4, 0.5) is 0 Å². The van der Waals surface area contributed by atoms with Gasteiger partial charge in [-0.25, -0.2) is 13.4 Å². The van der Waals surface area contributed by atoms with E-state index in [-0.39, 0.29) is 29.5 Å². The maximum Gasteiger partial charge on any atom is 0.254 e. The zero-order valence-electron chi connectivity index (χ0n) is 14.9. The summed E-state index contributed by atoms with van der Waals surface area (Å²) in [7, 11) is -1.63. The van der Waals surface area contributed by atoms with Crippen molar-refractivity contribution in [1.29, 1.82) is 0 Å². The minimum Gasteiger partial charge on any atom is -0.481 e. The molecule has 0 unspecified atom stereocenters. The van der Waals surface area contributed by atoms with Crippen LogP contribution in [-0.2, 0) is 9.84 Å². The van der Waals surface area contributed by atoms with Gasteiger partial charge in [-0.2, -0.15) is 0 Å². The van der Waals surface area contributed by atoms with E-state index in [9.17, 15) is 13.2 Å². The summed E-state index contributed by atoms with van der Waals surface area (Å²) >= 11 is 0. The molecule has 2 atom stereocenters. The first kappa shape index (κ1) is 18.1. The Labute approximate surface area is 148 Å². The highest BCUT2D eigenvalue weighted by Gasteiger charge is 2.48. The fourth-order valence-corrected chi connectivity index (χ4v) is 5.80. The third-order valence-electron chi connectivity index (χ3n) is 4.84. The van der Waals surface area contributed by atoms with Crippen LogP contribution in [0.5, 0.6) is 5.88 Å². The van der Waals surface area contributed by atoms with Crippen LogP contribution >= 0.6 is 0 Å². The fraction of sp³-hybridized carbons (Fsp3) is 0.647. The first-order valence-corrected chi connectivity index (χ1v) is 10.4. The molecule has 3 rings (SSSR count). The number of aromatic nitrogens is 1. The van der Waals surface area contributed by atoms with Gasteiger partial charge < -0.3 is 9.64 Å². The van der Waals surface area contributed by atoms with E-state index in [1.165, 1.54) is 13.3 Å². The van der Waals surface area contributed by atoms with Crippen molar-refractivity contribution < 1.29 is 17.9 Å². The van der Waals surface area contributed by atoms with Gasteiger partial charge in [0.15, 0.2) is 9.84 Å². The second-order valence-electron chi connectivity index (χ2n) is 7.19. The van der Waals surface area contributed by atoms with Gasteiger partial charge in [-0.1, -0.05) is 13.8 Å². The lowest BCUT2D eigenvalue weighted by Gasteiger charge is -2.44. The van der Waals surface area contributed by atoms with E-state index < -0.39 is 9.84 Å². The Hall–Kier alpha value is -1.67. The molecule has 2 fully saturated rings. The van der Waals surface area contributed by atoms with Gasteiger partial charge in [-0.15, -0.1) is 0 Å². The van der Waals surface area contributed by atoms with E-state index in [2.05, 4.69) is 23.7 Å². The van der Waals surface area contributed by atoms with E-state index >= 15 is 0 Å². The van der Waals surface area contributed by atoms with Crippen LogP contribution in [0.2, 0.25) is 0 Å². The second-order valence-corrected chi connectivity index (χ2v) is 9.34. The molecule has 3 heterocycles. The maximum absolute atomic E-state index is 13.0. The summed E-state index contributed by atoms with van der Waals surface area (Å²) < 4.78 is 29.6. The molecule has 0 bridgehead atoms. The van der Waals surface area contributed by atoms with Gasteiger partial charge in [0.1, 0.15) is 0 Å². The average molecular weight is 367 g/mol. The second kappa shape index (κ2) is 6.92. The molecule has 1 aromatic rings. The highest BCUT2D eigenvalue weighted by molar-refractivity contribution is 7.91. The van der Waals surface area contributed by atoms with Crippen molar-refractivity contribution in [3.63, 3.8) is 0 Å². The van der Waals surface area contributed by atoms with Gasteiger partial charge in [0, 0.05) is 43.5 Å². The lowest BCUT2D eigenvalue weighted by atomic mass is 10.0. The molecule has 138 valence electrons. The summed E-state index contributed by atoms with van der Waals surface area (Å²) in [4.78, 5) is 21.0. The predicted molar refractivity (Wildman–Crippen MR) is 94.5 cm³/mol. The molecular weight excluding hydrogens is 342 g/mol. The van der Waals surface area contributed by atoms with Gasteiger partial charge in [-0.3, -0.25) is 9.69 Å². The Morgan fingerprint density at radius 3 is 2.72 bits per heavy atom. The SMILES string of the molecule is COc1cc(C(=O)N2CCN(CC(C)C)[C@@H]3CS(=O)(=O)C[C@@H]32)ccn1. The summed E-state index contributed by atoms with van der Waals surface area (Å²) in [6, 6.07) is 2.84. The van der Waals surface area contributed by atoms with E-state index in [0.717, 1.165) is 6.54 Å². The van der Waals surface area contributed by atoms with Gasteiger partial charge in [0.2, 0.25) is 5.88 Å². The quantitative estimate of drug-likeness (QED) is 0.778. The predicted octanol–water partition coefficient (Wildman–Crippen LogP) is 0.670. The highest BCUT2D eigenvalue weighted by atomic mass is 32.2. The first-order chi connectivity index (χ1) is 11.8. The molecule has 0 saturated carbocycles. The van der Waals surface area contributed by atoms with E-state index in [4.69, 9.17) is 4.74 Å². The Morgan fingerprint density at radius 2 is 2.04 bits per heavy atom. The summed E-state index contributed by atoms with van der Waals surface area (Å²) in [5.74, 6) is 0.848. The molecule has 1 aromatic heterocycles. The number of pyridine rings is 1. The highest BCUT2D eigenvalue weighted by Crippen LogP contribution is 2.29. The standard InChI is InChI=1S/C17H25N3O4S/c1-12(2)9-19-6-7-20(15-11-25(22,23)10-14(15)19)17(21)13-4-5-18-16(8-13)24-3/h4-5,8,12,14-15H,6-7,9-11H2,1-3H3/t14-,15+/m1/s1. The van der Waals surface area contributed by atoms with Crippen LogP contribution in [0.25, 0.3) is 0 Å². The van der Waals surface area contributed by atoms with Crippen molar-refractivity contribution in [2.24, 2.45) is 5.92 Å². The summed E-state index contributed by atoms with van der Waals surface area (Å²) in [6.07, 6.45) is 1.53. The molecule has 2 aliphatic rings. The number of hydrogen-bond acceptors (Lipinski definition) is 6. The van der Waals surface area contributed by atoms with Crippen molar-refractivity contribution >= 4 is 15.7 Å². The van der Waals surface area contributed by atoms with Crippen LogP contribution < -0.4 is 4.74 Å². The van der Waals surface area contributed by atoms with Gasteiger partial charge in [0.05, 0.1) is 24.7 Å². The number of sulfone groups is 1. The topological polar surface area (TPSA) is 79.8 Å². The molecule has 8 heteroatoms. The Bertz CT molecular complexity index is 750. The third-order valence-corrected chi connectivity index (χ3v) is 6.54. The molecule has 0 aromatic carbocycles. The van der Waals surface area contributed by atoms with E-state index in [0.29, 0.717) is 30.5 Å². The zero-order valence-corrected chi connectivity index (χ0v) is 15.7. The van der Waals surface area contributed by atoms with Crippen LogP contribution in [0.1, 0.15) is 24.2 Å². The normalized spacial score (nSPS) is 25.8. The van der Waals surface area contributed by atoms with Crippen molar-refractivity contribution in [2.45, 2.75) is 25.9 Å². The molecule has 0 spiro atoms. The summed E-state index contributed by atoms with van der Waals surface area (Å²) in [6.45, 7) is 6.33. The number of rotatable bonds is 4. The molecule has 0 aliphatic carbocycles. The van der Waals surface area contributed by atoms with Crippen LogP contribution in [-0.4, -0.2) is 79.4 Å². The van der Waals surface area contributed by atoms with E-state index in [1.54, 1.807) is 17.0 Å². The Kier molecular flexibility index (Phi) is 5.02. The number of nitrogens with zero attached hydrogens (tertiary/aromatic N) is 3. The zero-order chi connectivity index (χ0) is 18.2. The smallest absolute Gasteiger partial charge is 0.254 e. The average Bonchev–Trinajstić information content (AvgIpc) is 2.89. The minimum atomic E-state index is -3.13. The Morgan fingerprint density at radius 1 is 1.32 bits per heavy atom. The molecule has 0 radical (unpaired) electrons. The fourth-order valence-electron chi connectivity index (χ4n) is 3.79. The van der Waals surface area contributed by atoms with Crippen molar-refractivity contribution in [3.05, 3.63) is 23.9 Å². The van der Waals surface area contributed by atoms with Gasteiger partial charge in [0.25, 0.3) is 5.91 Å². The number of piperazine rings is 1. The number of carbonyl (C=O) groups excluding carboxylic acids is 1. The number of carbonyl (C=O) groups is 1. The van der Waals surface area contributed by atoms with Crippen LogP contribution in [0, 0.1) is 5.92 Å². The van der Waals surface area contributed by atoms with E-state index in [1.807, 2.05) is 0 Å². The monoisotopic (exact) mass is 367 g/mol. The molecule has 25 heavy (non-hydrogen) atoms. The minimum absolute atomic E-state index is 0.0419. The summed E-state index contributed by atoms with van der Waals surface area (Å²) in [5, 5.41) is 0. The molecular formula is C17H25N3O4S. The molecule has 2 saturated heterocycles.